The van der Waals surface area contributed by atoms with Crippen molar-refractivity contribution in [2.45, 2.75) is 6.92 Å². The van der Waals surface area contributed by atoms with Gasteiger partial charge in [0.2, 0.25) is 11.8 Å². The molecule has 0 saturated heterocycles. The Balaban J connectivity index is 2.26. The Kier molecular flexibility index (Phi) is 1.85. The molecule has 6 heteroatoms. The number of aryl methyl sites for hydroxylation is 1. The Bertz CT molecular complexity index is 645. The number of nitrogens with zero attached hydrogens (tertiary/aromatic N) is 2. The van der Waals surface area contributed by atoms with Gasteiger partial charge in [-0.25, -0.2) is 0 Å². The number of nitrogens with one attached hydrogen (secondary N) is 1. The highest BCUT2D eigenvalue weighted by Crippen LogP contribution is 2.28. The van der Waals surface area contributed by atoms with Crippen LogP contribution >= 0.6 is 0 Å². The largest absolute Gasteiger partial charge is 0.421 e. The average molecular weight is 229 g/mol. The Morgan fingerprint density at radius 3 is 2.59 bits per heavy atom. The molecule has 2 aromatic rings. The second-order valence-electron chi connectivity index (χ2n) is 3.64. The maximum absolute atomic E-state index is 11.7. The lowest BCUT2D eigenvalue weighted by Crippen LogP contribution is -2.20. The quantitative estimate of drug-likeness (QED) is 0.735. The summed E-state index contributed by atoms with van der Waals surface area (Å²) in [5.74, 6) is -0.189. The number of rotatable bonds is 1. The van der Waals surface area contributed by atoms with Gasteiger partial charge in [0.15, 0.2) is 0 Å². The Morgan fingerprint density at radius 2 is 1.88 bits per heavy atom. The molecule has 2 amide bonds. The van der Waals surface area contributed by atoms with E-state index >= 15 is 0 Å². The number of carbonyl (C=O) groups excluding carboxylic acids is 2. The van der Waals surface area contributed by atoms with Crippen LogP contribution in [0.3, 0.4) is 0 Å². The highest BCUT2D eigenvalue weighted by atomic mass is 16.4. The van der Waals surface area contributed by atoms with Crippen LogP contribution in [-0.2, 0) is 0 Å². The van der Waals surface area contributed by atoms with Crippen LogP contribution in [0.15, 0.2) is 22.6 Å². The number of aromatic nitrogens is 2. The SMILES string of the molecule is Cc1nnc(-c2cccc3c2C(=O)NC3=O)o1. The van der Waals surface area contributed by atoms with Gasteiger partial charge in [0, 0.05) is 6.92 Å². The molecule has 1 aromatic heterocycles. The standard InChI is InChI=1S/C11H7N3O3/c1-5-13-14-11(17-5)7-4-2-3-6-8(7)10(16)12-9(6)15/h2-4H,1H3,(H,12,15,16). The summed E-state index contributed by atoms with van der Waals surface area (Å²) in [7, 11) is 0. The third-order valence-electron chi connectivity index (χ3n) is 2.52. The molecule has 0 saturated carbocycles. The fourth-order valence-corrected chi connectivity index (χ4v) is 1.80. The van der Waals surface area contributed by atoms with Crippen LogP contribution in [-0.4, -0.2) is 22.0 Å². The fraction of sp³-hybridized carbons (Fsp3) is 0.0909. The normalized spacial score (nSPS) is 13.7. The van der Waals surface area contributed by atoms with Crippen molar-refractivity contribution >= 4 is 11.8 Å². The number of hydrogen-bond donors (Lipinski definition) is 1. The Labute approximate surface area is 95.7 Å². The van der Waals surface area contributed by atoms with Gasteiger partial charge in [0.25, 0.3) is 11.8 Å². The van der Waals surface area contributed by atoms with E-state index in [1.165, 1.54) is 0 Å². The molecule has 6 nitrogen and oxygen atoms in total. The molecule has 1 N–H and O–H groups in total. The zero-order valence-electron chi connectivity index (χ0n) is 8.85. The number of imide groups is 1. The summed E-state index contributed by atoms with van der Waals surface area (Å²) >= 11 is 0. The summed E-state index contributed by atoms with van der Waals surface area (Å²) in [5, 5.41) is 9.78. The number of carbonyl (C=O) groups is 2. The van der Waals surface area contributed by atoms with E-state index in [9.17, 15) is 9.59 Å². The molecule has 17 heavy (non-hydrogen) atoms. The maximum Gasteiger partial charge on any atom is 0.259 e. The van der Waals surface area contributed by atoms with Crippen LogP contribution in [0.5, 0.6) is 0 Å². The number of amides is 2. The fourth-order valence-electron chi connectivity index (χ4n) is 1.80. The minimum absolute atomic E-state index is 0.240. The first-order chi connectivity index (χ1) is 8.16. The maximum atomic E-state index is 11.7. The van der Waals surface area contributed by atoms with Crippen LogP contribution in [0.2, 0.25) is 0 Å². The second kappa shape index (κ2) is 3.24. The van der Waals surface area contributed by atoms with Gasteiger partial charge in [-0.05, 0) is 12.1 Å². The highest BCUT2D eigenvalue weighted by Gasteiger charge is 2.30. The molecule has 0 atom stereocenters. The average Bonchev–Trinajstić information content (AvgIpc) is 2.85. The van der Waals surface area contributed by atoms with Crippen molar-refractivity contribution in [3.05, 3.63) is 35.2 Å². The topological polar surface area (TPSA) is 85.1 Å². The van der Waals surface area contributed by atoms with Crippen molar-refractivity contribution in [2.24, 2.45) is 0 Å². The van der Waals surface area contributed by atoms with Crippen LogP contribution in [0, 0.1) is 6.92 Å². The van der Waals surface area contributed by atoms with Gasteiger partial charge in [-0.15, -0.1) is 10.2 Å². The predicted octanol–water partition coefficient (Wildman–Crippen LogP) is 0.929. The zero-order valence-corrected chi connectivity index (χ0v) is 8.85. The Morgan fingerprint density at radius 1 is 1.12 bits per heavy atom. The van der Waals surface area contributed by atoms with Gasteiger partial charge in [-0.2, -0.15) is 0 Å². The van der Waals surface area contributed by atoms with Crippen molar-refractivity contribution in [1.82, 2.24) is 15.5 Å². The summed E-state index contributed by atoms with van der Waals surface area (Å²) < 4.78 is 5.26. The smallest absolute Gasteiger partial charge is 0.259 e. The molecular weight excluding hydrogens is 222 g/mol. The van der Waals surface area contributed by atoms with E-state index in [0.717, 1.165) is 0 Å². The lowest BCUT2D eigenvalue weighted by molar-refractivity contribution is 0.0880. The van der Waals surface area contributed by atoms with Crippen LogP contribution in [0.25, 0.3) is 11.5 Å². The summed E-state index contributed by atoms with van der Waals surface area (Å²) in [6.45, 7) is 1.66. The molecule has 1 aromatic carbocycles. The molecule has 0 bridgehead atoms. The van der Waals surface area contributed by atoms with Crippen molar-refractivity contribution < 1.29 is 14.0 Å². The van der Waals surface area contributed by atoms with Crippen molar-refractivity contribution in [3.63, 3.8) is 0 Å². The van der Waals surface area contributed by atoms with Crippen molar-refractivity contribution in [3.8, 4) is 11.5 Å². The van der Waals surface area contributed by atoms with E-state index in [1.807, 2.05) is 0 Å². The molecule has 84 valence electrons. The summed E-state index contributed by atoms with van der Waals surface area (Å²) in [6, 6.07) is 4.93. The molecule has 2 heterocycles. The molecular formula is C11H7N3O3. The molecule has 0 fully saturated rings. The first kappa shape index (κ1) is 9.71. The Hall–Kier alpha value is -2.50. The number of fused-ring (bicyclic) bond motifs is 1. The molecule has 1 aliphatic heterocycles. The molecule has 0 unspecified atom stereocenters. The minimum atomic E-state index is -0.434. The van der Waals surface area contributed by atoms with E-state index in [2.05, 4.69) is 15.5 Å². The molecule has 3 rings (SSSR count). The highest BCUT2D eigenvalue weighted by molar-refractivity contribution is 6.23. The van der Waals surface area contributed by atoms with E-state index < -0.39 is 11.8 Å². The summed E-state index contributed by atoms with van der Waals surface area (Å²) in [5.41, 5.74) is 1.11. The van der Waals surface area contributed by atoms with Gasteiger partial charge in [-0.3, -0.25) is 14.9 Å². The van der Waals surface area contributed by atoms with E-state index in [4.69, 9.17) is 4.42 Å². The van der Waals surface area contributed by atoms with Gasteiger partial charge in [-0.1, -0.05) is 6.07 Å². The number of hydrogen-bond acceptors (Lipinski definition) is 5. The van der Waals surface area contributed by atoms with Crippen LogP contribution in [0.4, 0.5) is 0 Å². The molecule has 1 aliphatic rings. The van der Waals surface area contributed by atoms with E-state index in [0.29, 0.717) is 22.6 Å². The van der Waals surface area contributed by atoms with Crippen LogP contribution in [0.1, 0.15) is 26.6 Å². The van der Waals surface area contributed by atoms with E-state index in [-0.39, 0.29) is 5.89 Å². The van der Waals surface area contributed by atoms with E-state index in [1.54, 1.807) is 25.1 Å². The lowest BCUT2D eigenvalue weighted by atomic mass is 10.0. The van der Waals surface area contributed by atoms with Gasteiger partial charge in [0.1, 0.15) is 0 Å². The zero-order chi connectivity index (χ0) is 12.0. The van der Waals surface area contributed by atoms with Gasteiger partial charge >= 0.3 is 0 Å². The third-order valence-corrected chi connectivity index (χ3v) is 2.52. The lowest BCUT2D eigenvalue weighted by Gasteiger charge is -1.99. The third kappa shape index (κ3) is 1.34. The molecule has 0 radical (unpaired) electrons. The summed E-state index contributed by atoms with van der Waals surface area (Å²) in [4.78, 5) is 23.1. The minimum Gasteiger partial charge on any atom is -0.421 e. The first-order valence-electron chi connectivity index (χ1n) is 4.96. The predicted molar refractivity (Wildman–Crippen MR) is 56.3 cm³/mol. The van der Waals surface area contributed by atoms with Gasteiger partial charge < -0.3 is 4.42 Å². The monoisotopic (exact) mass is 229 g/mol. The van der Waals surface area contributed by atoms with Gasteiger partial charge in [0.05, 0.1) is 16.7 Å². The number of benzene rings is 1. The molecule has 0 aliphatic carbocycles. The second-order valence-corrected chi connectivity index (χ2v) is 3.64. The first-order valence-corrected chi connectivity index (χ1v) is 4.96. The van der Waals surface area contributed by atoms with Crippen molar-refractivity contribution in [1.29, 1.82) is 0 Å². The summed E-state index contributed by atoms with van der Waals surface area (Å²) in [6.07, 6.45) is 0. The van der Waals surface area contributed by atoms with Crippen molar-refractivity contribution in [2.75, 3.05) is 0 Å². The van der Waals surface area contributed by atoms with Crippen LogP contribution < -0.4 is 5.32 Å². The molecule has 0 spiro atoms.